The normalized spacial score (nSPS) is 11.4. The van der Waals surface area contributed by atoms with Gasteiger partial charge in [-0.05, 0) is 42.0 Å². The van der Waals surface area contributed by atoms with Gasteiger partial charge < -0.3 is 0 Å². The summed E-state index contributed by atoms with van der Waals surface area (Å²) in [6.07, 6.45) is -5.06. The van der Waals surface area contributed by atoms with E-state index in [1.165, 1.54) is 48.5 Å². The Morgan fingerprint density at radius 3 is 1.88 bits per heavy atom. The van der Waals surface area contributed by atoms with Crippen LogP contribution in [0.15, 0.2) is 48.5 Å². The molecule has 0 unspecified atom stereocenters. The highest BCUT2D eigenvalue weighted by atomic mass is 32.1. The predicted octanol–water partition coefficient (Wildman–Crippen LogP) is 5.26. The second-order valence-electron chi connectivity index (χ2n) is 5.16. The van der Waals surface area contributed by atoms with Gasteiger partial charge in [-0.15, -0.1) is 0 Å². The molecule has 0 atom stereocenters. The van der Waals surface area contributed by atoms with E-state index in [-0.39, 0.29) is 10.8 Å². The number of hydrogen-bond acceptors (Lipinski definition) is 3. The second-order valence-corrected chi connectivity index (χ2v) is 6.16. The van der Waals surface area contributed by atoms with Gasteiger partial charge in [0.2, 0.25) is 0 Å². The molecule has 9 heteroatoms. The Balaban J connectivity index is 2.07. The Kier molecular flexibility index (Phi) is 4.73. The Bertz CT molecular complexity index is 870. The molecule has 0 spiro atoms. The molecule has 0 saturated heterocycles. The molecule has 1 aromatic heterocycles. The Morgan fingerprint density at radius 1 is 0.885 bits per heavy atom. The van der Waals surface area contributed by atoms with E-state index in [0.717, 1.165) is 11.3 Å². The quantitative estimate of drug-likeness (QED) is 0.626. The summed E-state index contributed by atoms with van der Waals surface area (Å²) < 4.78 is 63.7. The monoisotopic (exact) mass is 384 g/mol. The van der Waals surface area contributed by atoms with Gasteiger partial charge in [-0.3, -0.25) is 10.1 Å². The van der Waals surface area contributed by atoms with Crippen LogP contribution >= 0.6 is 11.3 Å². The number of carbonyl (C=O) groups excluding carboxylic acids is 1. The lowest BCUT2D eigenvalue weighted by molar-refractivity contribution is -0.167. The number of anilines is 1. The Morgan fingerprint density at radius 2 is 1.38 bits per heavy atom. The largest absolute Gasteiger partial charge is 0.471 e. The summed E-state index contributed by atoms with van der Waals surface area (Å²) in [5, 5.41) is 1.43. The summed E-state index contributed by atoms with van der Waals surface area (Å²) in [4.78, 5) is 15.6. The van der Waals surface area contributed by atoms with Crippen LogP contribution in [0, 0.1) is 11.6 Å². The Hall–Kier alpha value is -2.81. The lowest BCUT2D eigenvalue weighted by Crippen LogP contribution is -2.29. The molecule has 0 aliphatic heterocycles. The standard InChI is InChI=1S/C17H9F5N2OS/c18-11-5-1-9(2-6-11)13-14(10-3-7-12(19)8-4-10)26-16(23-13)24-15(25)17(20,21)22/h1-8H,(H,23,24,25). The fraction of sp³-hybridized carbons (Fsp3) is 0.0588. The molecule has 0 fully saturated rings. The molecular weight excluding hydrogens is 375 g/mol. The van der Waals surface area contributed by atoms with Gasteiger partial charge >= 0.3 is 12.1 Å². The van der Waals surface area contributed by atoms with E-state index in [0.29, 0.717) is 16.0 Å². The van der Waals surface area contributed by atoms with Crippen molar-refractivity contribution in [3.63, 3.8) is 0 Å². The summed E-state index contributed by atoms with van der Waals surface area (Å²) in [5.74, 6) is -3.12. The zero-order valence-electron chi connectivity index (χ0n) is 12.8. The van der Waals surface area contributed by atoms with Crippen molar-refractivity contribution in [3.8, 4) is 21.7 Å². The van der Waals surface area contributed by atoms with Crippen LogP contribution in [0.2, 0.25) is 0 Å². The highest BCUT2D eigenvalue weighted by Gasteiger charge is 2.39. The van der Waals surface area contributed by atoms with Crippen molar-refractivity contribution in [1.82, 2.24) is 4.98 Å². The molecule has 1 amide bonds. The van der Waals surface area contributed by atoms with E-state index in [9.17, 15) is 26.7 Å². The molecule has 1 N–H and O–H groups in total. The molecule has 0 aliphatic carbocycles. The van der Waals surface area contributed by atoms with E-state index in [1.807, 2.05) is 0 Å². The highest BCUT2D eigenvalue weighted by molar-refractivity contribution is 7.19. The van der Waals surface area contributed by atoms with Crippen molar-refractivity contribution in [2.75, 3.05) is 5.32 Å². The number of thiazole rings is 1. The van der Waals surface area contributed by atoms with Gasteiger partial charge in [0.15, 0.2) is 5.13 Å². The third-order valence-corrected chi connectivity index (χ3v) is 4.35. The molecule has 134 valence electrons. The third kappa shape index (κ3) is 3.88. The Labute approximate surface area is 148 Å². The molecule has 3 aromatic rings. The fourth-order valence-corrected chi connectivity index (χ4v) is 3.13. The molecule has 26 heavy (non-hydrogen) atoms. The van der Waals surface area contributed by atoms with Crippen LogP contribution in [0.4, 0.5) is 27.1 Å². The van der Waals surface area contributed by atoms with Crippen molar-refractivity contribution in [1.29, 1.82) is 0 Å². The highest BCUT2D eigenvalue weighted by Crippen LogP contribution is 2.39. The van der Waals surface area contributed by atoms with Gasteiger partial charge in [0.1, 0.15) is 11.6 Å². The smallest absolute Gasteiger partial charge is 0.294 e. The number of nitrogens with zero attached hydrogens (tertiary/aromatic N) is 1. The number of amides is 1. The first-order valence-corrected chi connectivity index (χ1v) is 7.96. The van der Waals surface area contributed by atoms with Crippen molar-refractivity contribution >= 4 is 22.4 Å². The number of alkyl halides is 3. The molecule has 0 radical (unpaired) electrons. The summed E-state index contributed by atoms with van der Waals surface area (Å²) >= 11 is 0.803. The van der Waals surface area contributed by atoms with Crippen LogP contribution in [0.3, 0.4) is 0 Å². The van der Waals surface area contributed by atoms with Crippen LogP contribution in [0.25, 0.3) is 21.7 Å². The second kappa shape index (κ2) is 6.83. The number of hydrogen-bond donors (Lipinski definition) is 1. The molecule has 3 rings (SSSR count). The zero-order chi connectivity index (χ0) is 18.9. The number of benzene rings is 2. The number of halogens is 5. The summed E-state index contributed by atoms with van der Waals surface area (Å²) in [5.41, 5.74) is 1.18. The third-order valence-electron chi connectivity index (χ3n) is 3.33. The zero-order valence-corrected chi connectivity index (χ0v) is 13.6. The van der Waals surface area contributed by atoms with Crippen LogP contribution in [0.1, 0.15) is 0 Å². The molecule has 2 aromatic carbocycles. The topological polar surface area (TPSA) is 42.0 Å². The lowest BCUT2D eigenvalue weighted by atomic mass is 10.1. The minimum Gasteiger partial charge on any atom is -0.294 e. The molecular formula is C17H9F5N2OS. The number of carbonyl (C=O) groups is 1. The average Bonchev–Trinajstić information content (AvgIpc) is 2.99. The summed E-state index contributed by atoms with van der Waals surface area (Å²) in [6.45, 7) is 0. The van der Waals surface area contributed by atoms with E-state index < -0.39 is 23.7 Å². The van der Waals surface area contributed by atoms with E-state index in [1.54, 1.807) is 5.32 Å². The summed E-state index contributed by atoms with van der Waals surface area (Å²) in [7, 11) is 0. The number of nitrogens with one attached hydrogen (secondary N) is 1. The van der Waals surface area contributed by atoms with Crippen molar-refractivity contribution in [2.24, 2.45) is 0 Å². The van der Waals surface area contributed by atoms with E-state index >= 15 is 0 Å². The molecule has 0 saturated carbocycles. The maximum absolute atomic E-state index is 13.1. The number of aromatic nitrogens is 1. The van der Waals surface area contributed by atoms with E-state index in [2.05, 4.69) is 4.98 Å². The first-order valence-electron chi connectivity index (χ1n) is 7.15. The minimum atomic E-state index is -5.06. The van der Waals surface area contributed by atoms with E-state index in [4.69, 9.17) is 0 Å². The first kappa shape index (κ1) is 18.0. The molecule has 0 aliphatic rings. The van der Waals surface area contributed by atoms with Gasteiger partial charge in [-0.1, -0.05) is 23.5 Å². The van der Waals surface area contributed by atoms with Crippen LogP contribution in [-0.2, 0) is 4.79 Å². The van der Waals surface area contributed by atoms with Crippen LogP contribution in [0.5, 0.6) is 0 Å². The van der Waals surface area contributed by atoms with Crippen LogP contribution in [-0.4, -0.2) is 17.1 Å². The lowest BCUT2D eigenvalue weighted by Gasteiger charge is -2.04. The molecule has 0 bridgehead atoms. The van der Waals surface area contributed by atoms with Gasteiger partial charge in [-0.25, -0.2) is 13.8 Å². The summed E-state index contributed by atoms with van der Waals surface area (Å²) in [6, 6.07) is 10.4. The van der Waals surface area contributed by atoms with Crippen molar-refractivity contribution < 1.29 is 26.7 Å². The van der Waals surface area contributed by atoms with Crippen LogP contribution < -0.4 is 5.32 Å². The van der Waals surface area contributed by atoms with Gasteiger partial charge in [0, 0.05) is 5.56 Å². The fourth-order valence-electron chi connectivity index (χ4n) is 2.14. The van der Waals surface area contributed by atoms with Gasteiger partial charge in [-0.2, -0.15) is 13.2 Å². The minimum absolute atomic E-state index is 0.249. The van der Waals surface area contributed by atoms with Gasteiger partial charge in [0.05, 0.1) is 10.6 Å². The van der Waals surface area contributed by atoms with Crippen molar-refractivity contribution in [3.05, 3.63) is 60.2 Å². The molecule has 3 nitrogen and oxygen atoms in total. The molecule has 1 heterocycles. The SMILES string of the molecule is O=C(Nc1nc(-c2ccc(F)cc2)c(-c2ccc(F)cc2)s1)C(F)(F)F. The van der Waals surface area contributed by atoms with Crippen molar-refractivity contribution in [2.45, 2.75) is 6.18 Å². The van der Waals surface area contributed by atoms with Gasteiger partial charge in [0.25, 0.3) is 0 Å². The first-order chi connectivity index (χ1) is 12.2. The predicted molar refractivity (Wildman–Crippen MR) is 87.6 cm³/mol. The maximum Gasteiger partial charge on any atom is 0.471 e. The average molecular weight is 384 g/mol. The maximum atomic E-state index is 13.1. The number of rotatable bonds is 3.